The maximum atomic E-state index is 4.06. The number of rotatable bonds is 3. The molecule has 3 nitrogen and oxygen atoms in total. The van der Waals surface area contributed by atoms with Crippen LogP contribution in [-0.2, 0) is 0 Å². The molecule has 1 heterocycles. The highest BCUT2D eigenvalue weighted by molar-refractivity contribution is 6.80. The molecule has 0 fully saturated rings. The third-order valence-corrected chi connectivity index (χ3v) is 10.6. The van der Waals surface area contributed by atoms with E-state index in [4.69, 9.17) is 0 Å². The minimum atomic E-state index is -1.35. The van der Waals surface area contributed by atoms with Gasteiger partial charge in [-0.1, -0.05) is 30.3 Å². The van der Waals surface area contributed by atoms with E-state index in [1.807, 2.05) is 0 Å². The Morgan fingerprint density at radius 2 is 1.52 bits per heavy atom. The van der Waals surface area contributed by atoms with Gasteiger partial charge in [0.15, 0.2) is 0 Å². The van der Waals surface area contributed by atoms with E-state index in [-0.39, 0.29) is 11.1 Å². The Kier molecular flexibility index (Phi) is 4.68. The molecule has 5 heteroatoms. The molecule has 1 atom stereocenters. The van der Waals surface area contributed by atoms with Crippen LogP contribution in [0.15, 0.2) is 30.3 Å². The zero-order chi connectivity index (χ0) is 17.6. The Morgan fingerprint density at radius 1 is 1.00 bits per heavy atom. The summed E-state index contributed by atoms with van der Waals surface area (Å²) in [4.78, 5) is 0. The van der Waals surface area contributed by atoms with Gasteiger partial charge in [-0.05, 0) is 61.2 Å². The predicted octanol–water partition coefficient (Wildman–Crippen LogP) is 4.29. The van der Waals surface area contributed by atoms with E-state index in [9.17, 15) is 0 Å². The Balaban J connectivity index is 2.59. The molecule has 0 bridgehead atoms. The van der Waals surface area contributed by atoms with Gasteiger partial charge in [-0.25, -0.2) is 0 Å². The molecule has 0 amide bonds. The molecule has 1 aromatic carbocycles. The van der Waals surface area contributed by atoms with Crippen molar-refractivity contribution in [3.05, 3.63) is 35.9 Å². The lowest BCUT2D eigenvalue weighted by Crippen LogP contribution is -2.74. The van der Waals surface area contributed by atoms with Gasteiger partial charge in [-0.2, -0.15) is 0 Å². The van der Waals surface area contributed by atoms with Gasteiger partial charge in [0.1, 0.15) is 0 Å². The standard InChI is InChI=1S/C18H34N3Si2/c1-17(2,3)20-16(15-13-11-10-12-14-15)21(18(4,5)6)22(20)19-23(7,8)9/h10-14,16,19H,1-9H3/q+1. The van der Waals surface area contributed by atoms with E-state index in [0.29, 0.717) is 6.17 Å². The smallest absolute Gasteiger partial charge is 0.369 e. The number of benzene rings is 1. The molecule has 0 spiro atoms. The summed E-state index contributed by atoms with van der Waals surface area (Å²) in [5, 5.41) is 0. The van der Waals surface area contributed by atoms with E-state index in [2.05, 4.69) is 105 Å². The molecule has 1 aliphatic heterocycles. The van der Waals surface area contributed by atoms with E-state index >= 15 is 0 Å². The van der Waals surface area contributed by atoms with Crippen LogP contribution in [0.5, 0.6) is 0 Å². The summed E-state index contributed by atoms with van der Waals surface area (Å²) in [5.74, 6) is 0. The highest BCUT2D eigenvalue weighted by atomic mass is 28.4. The first-order valence-corrected chi connectivity index (χ1v) is 13.5. The number of hydrogen-bond donors (Lipinski definition) is 1. The third kappa shape index (κ3) is 3.94. The van der Waals surface area contributed by atoms with Crippen molar-refractivity contribution in [2.75, 3.05) is 0 Å². The minimum absolute atomic E-state index is 0.156. The summed E-state index contributed by atoms with van der Waals surface area (Å²) < 4.78 is 9.53. The van der Waals surface area contributed by atoms with Crippen LogP contribution in [0.3, 0.4) is 0 Å². The van der Waals surface area contributed by atoms with Crippen molar-refractivity contribution in [2.24, 2.45) is 0 Å². The molecule has 23 heavy (non-hydrogen) atoms. The zero-order valence-corrected chi connectivity index (χ0v) is 18.4. The average Bonchev–Trinajstić information content (AvgIpc) is 2.30. The lowest BCUT2D eigenvalue weighted by atomic mass is 10.0. The van der Waals surface area contributed by atoms with Crippen molar-refractivity contribution in [1.82, 2.24) is 9.21 Å². The Morgan fingerprint density at radius 3 is 1.91 bits per heavy atom. The van der Waals surface area contributed by atoms with Gasteiger partial charge in [-0.15, -0.1) is 0 Å². The predicted molar refractivity (Wildman–Crippen MR) is 103 cm³/mol. The van der Waals surface area contributed by atoms with Crippen LogP contribution in [0, 0.1) is 0 Å². The van der Waals surface area contributed by atoms with Crippen LogP contribution in [0.4, 0.5) is 0 Å². The zero-order valence-electron chi connectivity index (χ0n) is 16.4. The number of hydrogen-bond acceptors (Lipinski definition) is 2. The molecular weight excluding hydrogens is 314 g/mol. The van der Waals surface area contributed by atoms with E-state index in [1.54, 1.807) is 0 Å². The minimum Gasteiger partial charge on any atom is -0.369 e. The molecule has 1 unspecified atom stereocenters. The summed E-state index contributed by atoms with van der Waals surface area (Å²) in [5.41, 5.74) is 1.72. The molecule has 0 radical (unpaired) electrons. The van der Waals surface area contributed by atoms with Crippen LogP contribution < -0.4 is 4.65 Å². The lowest BCUT2D eigenvalue weighted by Gasteiger charge is -2.51. The van der Waals surface area contributed by atoms with E-state index in [1.165, 1.54) is 5.56 Å². The monoisotopic (exact) mass is 348 g/mol. The number of nitrogens with one attached hydrogen (secondary N) is 1. The quantitative estimate of drug-likeness (QED) is 0.821. The van der Waals surface area contributed by atoms with E-state index < -0.39 is 17.1 Å². The second kappa shape index (κ2) is 5.85. The van der Waals surface area contributed by atoms with Gasteiger partial charge in [0.2, 0.25) is 14.4 Å². The Labute approximate surface area is 145 Å². The van der Waals surface area contributed by atoms with Gasteiger partial charge >= 0.3 is 8.91 Å². The Hall–Kier alpha value is -0.946. The first kappa shape index (κ1) is 18.4. The van der Waals surface area contributed by atoms with Gasteiger partial charge in [0, 0.05) is 5.56 Å². The average molecular weight is 349 g/mol. The molecule has 0 aromatic heterocycles. The van der Waals surface area contributed by atoms with Gasteiger partial charge in [0.05, 0.1) is 11.1 Å². The summed E-state index contributed by atoms with van der Waals surface area (Å²) in [6.45, 7) is 21.3. The molecule has 1 N–H and O–H groups in total. The summed E-state index contributed by atoms with van der Waals surface area (Å²) in [7, 11) is -2.26. The normalized spacial score (nSPS) is 19.7. The summed E-state index contributed by atoms with van der Waals surface area (Å²) in [6, 6.07) is 11.0. The molecule has 0 saturated carbocycles. The fourth-order valence-corrected chi connectivity index (χ4v) is 9.13. The van der Waals surface area contributed by atoms with Crippen molar-refractivity contribution in [1.29, 1.82) is 0 Å². The lowest BCUT2D eigenvalue weighted by molar-refractivity contribution is -0.682. The van der Waals surface area contributed by atoms with Gasteiger partial charge in [-0.3, -0.25) is 8.78 Å². The van der Waals surface area contributed by atoms with Crippen molar-refractivity contribution < 1.29 is 4.22 Å². The second-order valence-corrected chi connectivity index (χ2v) is 16.7. The van der Waals surface area contributed by atoms with Crippen molar-refractivity contribution in [3.8, 4) is 0 Å². The summed E-state index contributed by atoms with van der Waals surface area (Å²) in [6.07, 6.45) is 0.369. The highest BCUT2D eigenvalue weighted by Crippen LogP contribution is 2.39. The third-order valence-electron chi connectivity index (χ3n) is 3.98. The van der Waals surface area contributed by atoms with Crippen LogP contribution in [0.25, 0.3) is 0 Å². The molecule has 0 aliphatic carbocycles. The maximum Gasteiger partial charge on any atom is 0.593 e. The summed E-state index contributed by atoms with van der Waals surface area (Å²) >= 11 is 0. The molecule has 1 aliphatic rings. The molecular formula is C18H34N3Si2+. The molecule has 0 saturated heterocycles. The second-order valence-electron chi connectivity index (χ2n) is 9.56. The number of nitrogens with zero attached hydrogens (tertiary/aromatic N) is 2. The van der Waals surface area contributed by atoms with Gasteiger partial charge in [0.25, 0.3) is 0 Å². The van der Waals surface area contributed by atoms with Gasteiger partial charge < -0.3 is 4.65 Å². The van der Waals surface area contributed by atoms with Crippen LogP contribution in [-0.4, -0.2) is 37.0 Å². The van der Waals surface area contributed by atoms with Crippen molar-refractivity contribution in [3.63, 3.8) is 0 Å². The topological polar surface area (TPSA) is 18.3 Å². The molecule has 2 rings (SSSR count). The van der Waals surface area contributed by atoms with Crippen LogP contribution >= 0.6 is 0 Å². The fourth-order valence-electron chi connectivity index (χ4n) is 3.16. The SMILES string of the molecule is CC(C)(C)N1C(c2ccccc2)[N+](C(C)(C)C)=[Si]1N[Si](C)(C)C. The van der Waals surface area contributed by atoms with Crippen LogP contribution in [0.1, 0.15) is 53.3 Å². The maximum absolute atomic E-state index is 4.06. The van der Waals surface area contributed by atoms with Crippen LogP contribution in [0.2, 0.25) is 19.6 Å². The van der Waals surface area contributed by atoms with Crippen molar-refractivity contribution in [2.45, 2.75) is 78.4 Å². The van der Waals surface area contributed by atoms with Crippen molar-refractivity contribution >= 4 is 17.1 Å². The molecule has 128 valence electrons. The fraction of sp³-hybridized carbons (Fsp3) is 0.667. The highest BCUT2D eigenvalue weighted by Gasteiger charge is 2.57. The Bertz CT molecular complexity index is 589. The van der Waals surface area contributed by atoms with E-state index in [0.717, 1.165) is 0 Å². The first-order valence-electron chi connectivity index (χ1n) is 8.61. The molecule has 1 aromatic rings. The largest absolute Gasteiger partial charge is 0.593 e. The first-order chi connectivity index (χ1) is 10.3.